The van der Waals surface area contributed by atoms with Crippen molar-refractivity contribution >= 4 is 5.82 Å². The summed E-state index contributed by atoms with van der Waals surface area (Å²) >= 11 is 0. The Morgan fingerprint density at radius 2 is 2.00 bits per heavy atom. The third-order valence-corrected chi connectivity index (χ3v) is 3.09. The molecule has 0 radical (unpaired) electrons. The van der Waals surface area contributed by atoms with E-state index in [2.05, 4.69) is 17.2 Å². The van der Waals surface area contributed by atoms with E-state index in [0.717, 1.165) is 41.4 Å². The van der Waals surface area contributed by atoms with Crippen molar-refractivity contribution in [3.63, 3.8) is 0 Å². The number of anilines is 1. The first kappa shape index (κ1) is 15.2. The maximum Gasteiger partial charge on any atom is 0.161 e. The van der Waals surface area contributed by atoms with Crippen LogP contribution in [-0.2, 0) is 6.61 Å². The molecule has 0 amide bonds. The number of hydrogen-bond acceptors (Lipinski definition) is 4. The molecule has 0 aliphatic carbocycles. The minimum Gasteiger partial charge on any atom is -0.493 e. The Morgan fingerprint density at radius 3 is 2.76 bits per heavy atom. The second-order valence-corrected chi connectivity index (χ2v) is 4.92. The molecule has 4 nitrogen and oxygen atoms in total. The Kier molecular flexibility index (Phi) is 5.43. The van der Waals surface area contributed by atoms with E-state index in [0.29, 0.717) is 6.61 Å². The molecule has 21 heavy (non-hydrogen) atoms. The molecule has 0 atom stereocenters. The number of nitrogens with one attached hydrogen (secondary N) is 1. The van der Waals surface area contributed by atoms with Gasteiger partial charge in [-0.05, 0) is 48.7 Å². The van der Waals surface area contributed by atoms with Crippen molar-refractivity contribution in [2.24, 2.45) is 0 Å². The SMILES string of the molecule is CCCNc1cc(COc2ccc(C)cc2OC)ccn1. The number of nitrogens with zero attached hydrogens (tertiary/aromatic N) is 1. The van der Waals surface area contributed by atoms with Crippen LogP contribution in [0.2, 0.25) is 0 Å². The molecule has 112 valence electrons. The summed E-state index contributed by atoms with van der Waals surface area (Å²) in [5.74, 6) is 2.39. The van der Waals surface area contributed by atoms with Gasteiger partial charge in [-0.2, -0.15) is 0 Å². The average Bonchev–Trinajstić information content (AvgIpc) is 2.52. The fraction of sp³-hybridized carbons (Fsp3) is 0.353. The zero-order valence-corrected chi connectivity index (χ0v) is 12.8. The first-order valence-corrected chi connectivity index (χ1v) is 7.19. The summed E-state index contributed by atoms with van der Waals surface area (Å²) in [4.78, 5) is 4.29. The first-order valence-electron chi connectivity index (χ1n) is 7.19. The van der Waals surface area contributed by atoms with Gasteiger partial charge in [-0.1, -0.05) is 13.0 Å². The van der Waals surface area contributed by atoms with Crippen molar-refractivity contribution in [1.82, 2.24) is 4.98 Å². The van der Waals surface area contributed by atoms with E-state index in [1.54, 1.807) is 13.3 Å². The molecule has 2 aromatic rings. The van der Waals surface area contributed by atoms with Crippen molar-refractivity contribution in [1.29, 1.82) is 0 Å². The average molecular weight is 286 g/mol. The fourth-order valence-electron chi connectivity index (χ4n) is 1.97. The van der Waals surface area contributed by atoms with Gasteiger partial charge < -0.3 is 14.8 Å². The quantitative estimate of drug-likeness (QED) is 0.840. The molecule has 0 unspecified atom stereocenters. The summed E-state index contributed by atoms with van der Waals surface area (Å²) in [5, 5.41) is 3.27. The molecule has 0 spiro atoms. The number of ether oxygens (including phenoxy) is 2. The van der Waals surface area contributed by atoms with E-state index in [9.17, 15) is 0 Å². The second-order valence-electron chi connectivity index (χ2n) is 4.92. The van der Waals surface area contributed by atoms with Crippen LogP contribution in [0.15, 0.2) is 36.5 Å². The Bertz CT molecular complexity index is 585. The predicted octanol–water partition coefficient (Wildman–Crippen LogP) is 3.80. The van der Waals surface area contributed by atoms with Crippen LogP contribution < -0.4 is 14.8 Å². The Hall–Kier alpha value is -2.23. The smallest absolute Gasteiger partial charge is 0.161 e. The van der Waals surface area contributed by atoms with Gasteiger partial charge in [0.15, 0.2) is 11.5 Å². The highest BCUT2D eigenvalue weighted by molar-refractivity contribution is 5.43. The predicted molar refractivity (Wildman–Crippen MR) is 85.1 cm³/mol. The summed E-state index contributed by atoms with van der Waals surface area (Å²) < 4.78 is 11.2. The molecule has 0 bridgehead atoms. The van der Waals surface area contributed by atoms with Gasteiger partial charge in [0.05, 0.1) is 7.11 Å². The lowest BCUT2D eigenvalue weighted by Crippen LogP contribution is -2.03. The molecule has 4 heteroatoms. The van der Waals surface area contributed by atoms with Crippen molar-refractivity contribution < 1.29 is 9.47 Å². The third kappa shape index (κ3) is 4.38. The van der Waals surface area contributed by atoms with Crippen molar-refractivity contribution in [2.75, 3.05) is 19.0 Å². The molecule has 2 rings (SSSR count). The van der Waals surface area contributed by atoms with E-state index in [1.165, 1.54) is 0 Å². The highest BCUT2D eigenvalue weighted by Crippen LogP contribution is 2.28. The molecule has 1 aromatic carbocycles. The van der Waals surface area contributed by atoms with Crippen LogP contribution in [0.4, 0.5) is 5.82 Å². The number of methoxy groups -OCH3 is 1. The van der Waals surface area contributed by atoms with Crippen molar-refractivity contribution in [3.8, 4) is 11.5 Å². The van der Waals surface area contributed by atoms with Crippen molar-refractivity contribution in [3.05, 3.63) is 47.7 Å². The lowest BCUT2D eigenvalue weighted by molar-refractivity contribution is 0.284. The molecule has 0 saturated carbocycles. The second kappa shape index (κ2) is 7.53. The Balaban J connectivity index is 2.02. The van der Waals surface area contributed by atoms with Crippen molar-refractivity contribution in [2.45, 2.75) is 26.9 Å². The lowest BCUT2D eigenvalue weighted by Gasteiger charge is -2.12. The van der Waals surface area contributed by atoms with E-state index in [4.69, 9.17) is 9.47 Å². The summed E-state index contributed by atoms with van der Waals surface area (Å²) in [6.45, 7) is 5.57. The maximum absolute atomic E-state index is 5.85. The molecule has 0 aliphatic rings. The normalized spacial score (nSPS) is 10.2. The molecule has 0 fully saturated rings. The van der Waals surface area contributed by atoms with Gasteiger partial charge in [0.25, 0.3) is 0 Å². The maximum atomic E-state index is 5.85. The fourth-order valence-corrected chi connectivity index (χ4v) is 1.97. The van der Waals surface area contributed by atoms with Gasteiger partial charge in [0, 0.05) is 12.7 Å². The monoisotopic (exact) mass is 286 g/mol. The Morgan fingerprint density at radius 1 is 1.14 bits per heavy atom. The molecular weight excluding hydrogens is 264 g/mol. The summed E-state index contributed by atoms with van der Waals surface area (Å²) in [6.07, 6.45) is 2.87. The zero-order chi connectivity index (χ0) is 15.1. The minimum atomic E-state index is 0.489. The van der Waals surface area contributed by atoms with Crippen LogP contribution in [-0.4, -0.2) is 18.6 Å². The zero-order valence-electron chi connectivity index (χ0n) is 12.8. The Labute approximate surface area is 126 Å². The minimum absolute atomic E-state index is 0.489. The van der Waals surface area contributed by atoms with Gasteiger partial charge in [0.1, 0.15) is 12.4 Å². The highest BCUT2D eigenvalue weighted by Gasteiger charge is 2.05. The van der Waals surface area contributed by atoms with E-state index in [1.807, 2.05) is 37.3 Å². The summed E-state index contributed by atoms with van der Waals surface area (Å²) in [7, 11) is 1.65. The molecule has 1 aromatic heterocycles. The molecule has 1 heterocycles. The summed E-state index contributed by atoms with van der Waals surface area (Å²) in [6, 6.07) is 9.88. The van der Waals surface area contributed by atoms with Crippen LogP contribution >= 0.6 is 0 Å². The van der Waals surface area contributed by atoms with E-state index >= 15 is 0 Å². The third-order valence-electron chi connectivity index (χ3n) is 3.09. The summed E-state index contributed by atoms with van der Waals surface area (Å²) in [5.41, 5.74) is 2.22. The van der Waals surface area contributed by atoms with Crippen LogP contribution in [0.5, 0.6) is 11.5 Å². The lowest BCUT2D eigenvalue weighted by atomic mass is 10.2. The molecular formula is C17H22N2O2. The van der Waals surface area contributed by atoms with Crippen LogP contribution in [0.3, 0.4) is 0 Å². The van der Waals surface area contributed by atoms with Crippen LogP contribution in [0, 0.1) is 6.92 Å². The van der Waals surface area contributed by atoms with Gasteiger partial charge in [-0.3, -0.25) is 0 Å². The number of hydrogen-bond donors (Lipinski definition) is 1. The van der Waals surface area contributed by atoms with Gasteiger partial charge >= 0.3 is 0 Å². The van der Waals surface area contributed by atoms with Crippen LogP contribution in [0.25, 0.3) is 0 Å². The molecule has 0 aliphatic heterocycles. The van der Waals surface area contributed by atoms with Crippen LogP contribution in [0.1, 0.15) is 24.5 Å². The largest absolute Gasteiger partial charge is 0.493 e. The number of aromatic nitrogens is 1. The van der Waals surface area contributed by atoms with Gasteiger partial charge in [-0.25, -0.2) is 4.98 Å². The van der Waals surface area contributed by atoms with E-state index in [-0.39, 0.29) is 0 Å². The highest BCUT2D eigenvalue weighted by atomic mass is 16.5. The molecule has 0 saturated heterocycles. The number of rotatable bonds is 7. The van der Waals surface area contributed by atoms with Gasteiger partial charge in [0.2, 0.25) is 0 Å². The number of benzene rings is 1. The van der Waals surface area contributed by atoms with Gasteiger partial charge in [-0.15, -0.1) is 0 Å². The first-order chi connectivity index (χ1) is 10.2. The standard InChI is InChI=1S/C17H22N2O2/c1-4-8-18-17-11-14(7-9-19-17)12-21-15-6-5-13(2)10-16(15)20-3/h5-7,9-11H,4,8,12H2,1-3H3,(H,18,19). The van der Waals surface area contributed by atoms with E-state index < -0.39 is 0 Å². The molecule has 1 N–H and O–H groups in total. The number of pyridine rings is 1. The topological polar surface area (TPSA) is 43.4 Å². The number of aryl methyl sites for hydroxylation is 1.